The number of non-ortho nitro benzene ring substituents is 1. The van der Waals surface area contributed by atoms with Crippen molar-refractivity contribution in [1.29, 1.82) is 0 Å². The lowest BCUT2D eigenvalue weighted by molar-refractivity contribution is -0.384. The van der Waals surface area contributed by atoms with Crippen molar-refractivity contribution in [2.75, 3.05) is 0 Å². The smallest absolute Gasteiger partial charge is 0.269 e. The van der Waals surface area contributed by atoms with E-state index in [0.29, 0.717) is 11.5 Å². The topological polar surface area (TPSA) is 57.3 Å². The van der Waals surface area contributed by atoms with Gasteiger partial charge in [-0.3, -0.25) is 10.1 Å². The molecule has 104 valence electrons. The molecule has 5 nitrogen and oxygen atoms in total. The van der Waals surface area contributed by atoms with Crippen molar-refractivity contribution in [3.05, 3.63) is 83.2 Å². The zero-order valence-corrected chi connectivity index (χ0v) is 11.0. The predicted octanol–water partition coefficient (Wildman–Crippen LogP) is 4.18. The molecule has 0 saturated heterocycles. The fourth-order valence-corrected chi connectivity index (χ4v) is 1.96. The molecule has 0 aliphatic heterocycles. The fourth-order valence-electron chi connectivity index (χ4n) is 1.96. The number of nitrogens with zero attached hydrogens (tertiary/aromatic N) is 2. The molecule has 0 aliphatic rings. The first-order valence-corrected chi connectivity index (χ1v) is 6.38. The third kappa shape index (κ3) is 2.92. The van der Waals surface area contributed by atoms with Gasteiger partial charge in [0, 0.05) is 30.2 Å². The number of hydrogen-bond donors (Lipinski definition) is 0. The summed E-state index contributed by atoms with van der Waals surface area (Å²) in [5.41, 5.74) is 1.08. The highest BCUT2D eigenvalue weighted by Gasteiger charge is 2.05. The van der Waals surface area contributed by atoms with Crippen LogP contribution >= 0.6 is 0 Å². The highest BCUT2D eigenvalue weighted by Crippen LogP contribution is 2.24. The highest BCUT2D eigenvalue weighted by atomic mass is 16.6. The van der Waals surface area contributed by atoms with Gasteiger partial charge in [-0.25, -0.2) is 0 Å². The minimum atomic E-state index is -0.435. The third-order valence-corrected chi connectivity index (χ3v) is 3.02. The summed E-state index contributed by atoms with van der Waals surface area (Å²) in [6, 6.07) is 17.5. The van der Waals surface area contributed by atoms with Crippen molar-refractivity contribution in [3.63, 3.8) is 0 Å². The Bertz CT molecular complexity index is 732. The molecular weight excluding hydrogens is 268 g/mol. The molecule has 0 N–H and O–H groups in total. The monoisotopic (exact) mass is 280 g/mol. The van der Waals surface area contributed by atoms with Gasteiger partial charge in [-0.15, -0.1) is 0 Å². The van der Waals surface area contributed by atoms with E-state index in [1.165, 1.54) is 12.1 Å². The largest absolute Gasteiger partial charge is 0.457 e. The van der Waals surface area contributed by atoms with Crippen LogP contribution in [0.25, 0.3) is 5.69 Å². The number of nitro groups is 1. The summed E-state index contributed by atoms with van der Waals surface area (Å²) < 4.78 is 7.65. The maximum atomic E-state index is 10.6. The van der Waals surface area contributed by atoms with Gasteiger partial charge in [-0.2, -0.15) is 0 Å². The fraction of sp³-hybridized carbons (Fsp3) is 0. The Morgan fingerprint density at radius 3 is 1.90 bits per heavy atom. The van der Waals surface area contributed by atoms with Gasteiger partial charge in [0.15, 0.2) is 0 Å². The van der Waals surface area contributed by atoms with Crippen LogP contribution in [0.2, 0.25) is 0 Å². The molecule has 5 heteroatoms. The summed E-state index contributed by atoms with van der Waals surface area (Å²) in [5, 5.41) is 10.6. The molecule has 0 amide bonds. The second-order valence-corrected chi connectivity index (χ2v) is 4.44. The van der Waals surface area contributed by atoms with Gasteiger partial charge < -0.3 is 9.30 Å². The van der Waals surface area contributed by atoms with Crippen LogP contribution in [-0.2, 0) is 0 Å². The molecule has 3 rings (SSSR count). The molecule has 0 fully saturated rings. The number of ether oxygens (including phenoxy) is 1. The SMILES string of the molecule is O=[N+]([O-])c1ccc(Oc2ccc(-n3cccc3)cc2)cc1. The average Bonchev–Trinajstić information content (AvgIpc) is 3.03. The molecule has 2 aromatic carbocycles. The van der Waals surface area contributed by atoms with Crippen LogP contribution < -0.4 is 4.74 Å². The maximum absolute atomic E-state index is 10.6. The molecule has 0 bridgehead atoms. The second kappa shape index (κ2) is 5.50. The molecule has 0 radical (unpaired) electrons. The Labute approximate surface area is 121 Å². The molecular formula is C16H12N2O3. The normalized spacial score (nSPS) is 10.3. The Morgan fingerprint density at radius 2 is 1.38 bits per heavy atom. The second-order valence-electron chi connectivity index (χ2n) is 4.44. The quantitative estimate of drug-likeness (QED) is 0.532. The summed E-state index contributed by atoms with van der Waals surface area (Å²) in [5.74, 6) is 1.24. The molecule has 0 atom stereocenters. The molecule has 21 heavy (non-hydrogen) atoms. The third-order valence-electron chi connectivity index (χ3n) is 3.02. The van der Waals surface area contributed by atoms with E-state index < -0.39 is 4.92 Å². The van der Waals surface area contributed by atoms with E-state index in [0.717, 1.165) is 5.69 Å². The first-order chi connectivity index (χ1) is 10.2. The van der Waals surface area contributed by atoms with Crippen molar-refractivity contribution in [2.45, 2.75) is 0 Å². The van der Waals surface area contributed by atoms with E-state index in [-0.39, 0.29) is 5.69 Å². The molecule has 1 aromatic heterocycles. The van der Waals surface area contributed by atoms with Crippen molar-refractivity contribution in [3.8, 4) is 17.2 Å². The predicted molar refractivity (Wildman–Crippen MR) is 78.9 cm³/mol. The lowest BCUT2D eigenvalue weighted by Crippen LogP contribution is -1.90. The number of benzene rings is 2. The maximum Gasteiger partial charge on any atom is 0.269 e. The Kier molecular flexibility index (Phi) is 3.39. The van der Waals surface area contributed by atoms with Crippen LogP contribution in [0.5, 0.6) is 11.5 Å². The first-order valence-electron chi connectivity index (χ1n) is 6.38. The van der Waals surface area contributed by atoms with Crippen LogP contribution in [0.3, 0.4) is 0 Å². The summed E-state index contributed by atoms with van der Waals surface area (Å²) in [6.07, 6.45) is 3.93. The highest BCUT2D eigenvalue weighted by molar-refractivity contribution is 5.41. The van der Waals surface area contributed by atoms with E-state index >= 15 is 0 Å². The number of hydrogen-bond acceptors (Lipinski definition) is 3. The van der Waals surface area contributed by atoms with Crippen molar-refractivity contribution < 1.29 is 9.66 Å². The van der Waals surface area contributed by atoms with Gasteiger partial charge in [0.25, 0.3) is 5.69 Å². The molecule has 0 spiro atoms. The van der Waals surface area contributed by atoms with Gasteiger partial charge in [0.05, 0.1) is 4.92 Å². The van der Waals surface area contributed by atoms with Gasteiger partial charge in [0.2, 0.25) is 0 Å². The van der Waals surface area contributed by atoms with Crippen LogP contribution in [0, 0.1) is 10.1 Å². The van der Waals surface area contributed by atoms with Crippen LogP contribution in [-0.4, -0.2) is 9.49 Å². The zero-order chi connectivity index (χ0) is 14.7. The van der Waals surface area contributed by atoms with Crippen LogP contribution in [0.4, 0.5) is 5.69 Å². The van der Waals surface area contributed by atoms with Crippen LogP contribution in [0.15, 0.2) is 73.1 Å². The average molecular weight is 280 g/mol. The Balaban J connectivity index is 1.74. The van der Waals surface area contributed by atoms with Gasteiger partial charge in [-0.1, -0.05) is 0 Å². The van der Waals surface area contributed by atoms with E-state index in [2.05, 4.69) is 0 Å². The summed E-state index contributed by atoms with van der Waals surface area (Å²) in [6.45, 7) is 0. The van der Waals surface area contributed by atoms with Gasteiger partial charge >= 0.3 is 0 Å². The number of rotatable bonds is 4. The number of nitro benzene ring substituents is 1. The molecule has 1 heterocycles. The van der Waals surface area contributed by atoms with E-state index in [1.54, 1.807) is 12.1 Å². The number of aromatic nitrogens is 1. The standard InChI is InChI=1S/C16H12N2O3/c19-18(20)14-5-9-16(10-6-14)21-15-7-3-13(4-8-15)17-11-1-2-12-17/h1-12H. The Hall–Kier alpha value is -3.08. The van der Waals surface area contributed by atoms with Crippen molar-refractivity contribution in [2.24, 2.45) is 0 Å². The molecule has 0 unspecified atom stereocenters. The first kappa shape index (κ1) is 12.9. The minimum Gasteiger partial charge on any atom is -0.457 e. The Morgan fingerprint density at radius 1 is 0.857 bits per heavy atom. The molecule has 3 aromatic rings. The van der Waals surface area contributed by atoms with Crippen LogP contribution in [0.1, 0.15) is 0 Å². The lowest BCUT2D eigenvalue weighted by atomic mass is 10.3. The van der Waals surface area contributed by atoms with E-state index in [4.69, 9.17) is 4.74 Å². The van der Waals surface area contributed by atoms with Gasteiger partial charge in [0.1, 0.15) is 11.5 Å². The summed E-state index contributed by atoms with van der Waals surface area (Å²) in [4.78, 5) is 10.1. The van der Waals surface area contributed by atoms with E-state index in [9.17, 15) is 10.1 Å². The van der Waals surface area contributed by atoms with Crippen molar-refractivity contribution in [1.82, 2.24) is 4.57 Å². The van der Waals surface area contributed by atoms with E-state index in [1.807, 2.05) is 53.4 Å². The summed E-state index contributed by atoms with van der Waals surface area (Å²) >= 11 is 0. The minimum absolute atomic E-state index is 0.0466. The zero-order valence-electron chi connectivity index (χ0n) is 11.0. The lowest BCUT2D eigenvalue weighted by Gasteiger charge is -2.07. The molecule has 0 saturated carbocycles. The van der Waals surface area contributed by atoms with Gasteiger partial charge in [-0.05, 0) is 48.5 Å². The summed E-state index contributed by atoms with van der Waals surface area (Å²) in [7, 11) is 0. The van der Waals surface area contributed by atoms with Crippen molar-refractivity contribution >= 4 is 5.69 Å². The molecule has 0 aliphatic carbocycles.